The van der Waals surface area contributed by atoms with E-state index in [0.29, 0.717) is 28.4 Å². The highest BCUT2D eigenvalue weighted by Crippen LogP contribution is 2.39. The molecule has 3 rings (SSSR count). The van der Waals surface area contributed by atoms with E-state index in [4.69, 9.17) is 23.7 Å². The summed E-state index contributed by atoms with van der Waals surface area (Å²) in [6, 6.07) is 9.60. The highest BCUT2D eigenvalue weighted by molar-refractivity contribution is 7.92. The molecule has 36 heavy (non-hydrogen) atoms. The summed E-state index contributed by atoms with van der Waals surface area (Å²) in [5, 5.41) is 9.96. The van der Waals surface area contributed by atoms with Crippen molar-refractivity contribution in [3.63, 3.8) is 0 Å². The van der Waals surface area contributed by atoms with Crippen LogP contribution in [0.3, 0.4) is 0 Å². The van der Waals surface area contributed by atoms with E-state index >= 15 is 0 Å². The summed E-state index contributed by atoms with van der Waals surface area (Å²) in [5.41, 5.74) is 0.881. The molecule has 0 aliphatic carbocycles. The molecule has 0 saturated carbocycles. The lowest BCUT2D eigenvalue weighted by molar-refractivity contribution is 0.324. The number of anilines is 1. The first-order valence-electron chi connectivity index (χ1n) is 10.4. The molecule has 0 bridgehead atoms. The number of phenols is 1. The number of methoxy groups -OCH3 is 5. The molecule has 0 saturated heterocycles. The summed E-state index contributed by atoms with van der Waals surface area (Å²) in [7, 11) is 2.83. The molecule has 2 N–H and O–H groups in total. The molecule has 0 spiro atoms. The zero-order chi connectivity index (χ0) is 26.5. The number of benzene rings is 3. The van der Waals surface area contributed by atoms with Gasteiger partial charge in [-0.25, -0.2) is 12.8 Å². The highest BCUT2D eigenvalue weighted by Gasteiger charge is 2.21. The largest absolute Gasteiger partial charge is 0.504 e. The topological polar surface area (TPSA) is 113 Å². The van der Waals surface area contributed by atoms with Crippen molar-refractivity contribution in [2.45, 2.75) is 4.90 Å². The van der Waals surface area contributed by atoms with Crippen LogP contribution < -0.4 is 28.4 Å². The Labute approximate surface area is 208 Å². The van der Waals surface area contributed by atoms with Crippen molar-refractivity contribution in [1.29, 1.82) is 0 Å². The second-order valence-electron chi connectivity index (χ2n) is 7.31. The van der Waals surface area contributed by atoms with Gasteiger partial charge in [-0.2, -0.15) is 0 Å². The summed E-state index contributed by atoms with van der Waals surface area (Å²) < 4.78 is 69.0. The van der Waals surface area contributed by atoms with Crippen LogP contribution in [0.1, 0.15) is 11.1 Å². The van der Waals surface area contributed by atoms with Crippen molar-refractivity contribution in [3.05, 3.63) is 59.4 Å². The third-order valence-corrected chi connectivity index (χ3v) is 6.49. The van der Waals surface area contributed by atoms with E-state index in [-0.39, 0.29) is 27.8 Å². The minimum Gasteiger partial charge on any atom is -0.504 e. The Morgan fingerprint density at radius 1 is 0.750 bits per heavy atom. The third kappa shape index (κ3) is 5.57. The number of hydrogen-bond acceptors (Lipinski definition) is 8. The predicted octanol–water partition coefficient (Wildman–Crippen LogP) is 4.55. The number of phenolic OH excluding ortho intramolecular Hbond substituents is 1. The maximum absolute atomic E-state index is 14.8. The number of sulfonamides is 1. The van der Waals surface area contributed by atoms with Gasteiger partial charge in [0.05, 0.1) is 46.1 Å². The minimum atomic E-state index is -4.20. The third-order valence-electron chi connectivity index (χ3n) is 5.13. The van der Waals surface area contributed by atoms with E-state index in [0.717, 1.165) is 6.07 Å². The van der Waals surface area contributed by atoms with Crippen LogP contribution in [0.5, 0.6) is 34.5 Å². The fourth-order valence-electron chi connectivity index (χ4n) is 3.42. The first kappa shape index (κ1) is 26.5. The molecule has 0 aliphatic heterocycles. The van der Waals surface area contributed by atoms with Crippen molar-refractivity contribution in [1.82, 2.24) is 0 Å². The van der Waals surface area contributed by atoms with Gasteiger partial charge in [0, 0.05) is 6.07 Å². The van der Waals surface area contributed by atoms with Gasteiger partial charge in [0.1, 0.15) is 0 Å². The Hall–Kier alpha value is -4.12. The first-order chi connectivity index (χ1) is 17.2. The normalized spacial score (nSPS) is 11.3. The molecule has 9 nitrogen and oxygen atoms in total. The number of halogens is 1. The Kier molecular flexibility index (Phi) is 8.15. The van der Waals surface area contributed by atoms with Crippen LogP contribution in [0, 0.1) is 5.82 Å². The molecular weight excluding hydrogens is 493 g/mol. The first-order valence-corrected chi connectivity index (χ1v) is 11.9. The quantitative estimate of drug-likeness (QED) is 0.376. The number of nitrogens with one attached hydrogen (secondary N) is 1. The fraction of sp³-hybridized carbons (Fsp3) is 0.200. The number of rotatable bonds is 10. The van der Waals surface area contributed by atoms with Crippen LogP contribution in [0.15, 0.2) is 47.4 Å². The fourth-order valence-corrected chi connectivity index (χ4v) is 4.50. The van der Waals surface area contributed by atoms with E-state index in [1.807, 2.05) is 0 Å². The van der Waals surface area contributed by atoms with Gasteiger partial charge in [0.25, 0.3) is 10.0 Å². The van der Waals surface area contributed by atoms with Crippen molar-refractivity contribution in [2.75, 3.05) is 40.3 Å². The van der Waals surface area contributed by atoms with Gasteiger partial charge in [-0.05, 0) is 47.5 Å². The molecule has 0 heterocycles. The van der Waals surface area contributed by atoms with Gasteiger partial charge in [0.2, 0.25) is 5.75 Å². The molecule has 0 aromatic heterocycles. The Bertz CT molecular complexity index is 1360. The summed E-state index contributed by atoms with van der Waals surface area (Å²) in [4.78, 5) is -0.248. The molecule has 3 aromatic carbocycles. The van der Waals surface area contributed by atoms with Crippen LogP contribution in [0.2, 0.25) is 0 Å². The monoisotopic (exact) mass is 519 g/mol. The van der Waals surface area contributed by atoms with Gasteiger partial charge in [-0.3, -0.25) is 4.72 Å². The van der Waals surface area contributed by atoms with Crippen molar-refractivity contribution in [2.24, 2.45) is 0 Å². The summed E-state index contributed by atoms with van der Waals surface area (Å²) in [5.74, 6) is -0.0192. The number of ether oxygens (including phenoxy) is 5. The van der Waals surface area contributed by atoms with E-state index < -0.39 is 15.8 Å². The van der Waals surface area contributed by atoms with Crippen molar-refractivity contribution in [3.8, 4) is 34.5 Å². The Morgan fingerprint density at radius 2 is 1.31 bits per heavy atom. The average Bonchev–Trinajstić information content (AvgIpc) is 2.86. The summed E-state index contributed by atoms with van der Waals surface area (Å²) >= 11 is 0. The van der Waals surface area contributed by atoms with Crippen molar-refractivity contribution < 1.29 is 41.6 Å². The standard InChI is InChI=1S/C25H26FNO8S/c1-31-21-9-8-17(14-20(21)28)36(29,30)27-19-11-15(10-18(26)24(19)34-4)6-7-16-12-22(32-2)25(35-5)23(13-16)33-3/h6-14,27-28H,1-5H3/b7-6-. The van der Waals surface area contributed by atoms with Gasteiger partial charge < -0.3 is 28.8 Å². The van der Waals surface area contributed by atoms with Gasteiger partial charge >= 0.3 is 0 Å². The van der Waals surface area contributed by atoms with E-state index in [1.54, 1.807) is 24.3 Å². The second kappa shape index (κ2) is 11.1. The molecule has 192 valence electrons. The van der Waals surface area contributed by atoms with Crippen LogP contribution in [-0.4, -0.2) is 49.1 Å². The van der Waals surface area contributed by atoms with Crippen LogP contribution in [-0.2, 0) is 10.0 Å². The maximum atomic E-state index is 14.8. The molecule has 0 atom stereocenters. The van der Waals surface area contributed by atoms with E-state index in [1.165, 1.54) is 59.8 Å². The molecule has 0 unspecified atom stereocenters. The predicted molar refractivity (Wildman–Crippen MR) is 133 cm³/mol. The maximum Gasteiger partial charge on any atom is 0.262 e. The summed E-state index contributed by atoms with van der Waals surface area (Å²) in [6.07, 6.45) is 3.26. The molecule has 3 aromatic rings. The molecule has 0 aliphatic rings. The van der Waals surface area contributed by atoms with Crippen LogP contribution >= 0.6 is 0 Å². The molecule has 0 fully saturated rings. The SMILES string of the molecule is COc1ccc(S(=O)(=O)Nc2cc(/C=C\c3cc(OC)c(OC)c(OC)c3)cc(F)c2OC)cc1O. The summed E-state index contributed by atoms with van der Waals surface area (Å²) in [6.45, 7) is 0. The average molecular weight is 520 g/mol. The number of aromatic hydroxyl groups is 1. The Balaban J connectivity index is 1.99. The number of hydrogen-bond donors (Lipinski definition) is 2. The van der Waals surface area contributed by atoms with E-state index in [9.17, 15) is 17.9 Å². The lowest BCUT2D eigenvalue weighted by Gasteiger charge is -2.14. The Morgan fingerprint density at radius 3 is 1.81 bits per heavy atom. The molecule has 0 radical (unpaired) electrons. The minimum absolute atomic E-state index is 0.108. The highest BCUT2D eigenvalue weighted by atomic mass is 32.2. The van der Waals surface area contributed by atoms with Gasteiger partial charge in [-0.1, -0.05) is 12.2 Å². The second-order valence-corrected chi connectivity index (χ2v) is 9.00. The molecule has 11 heteroatoms. The lowest BCUT2D eigenvalue weighted by atomic mass is 10.1. The lowest BCUT2D eigenvalue weighted by Crippen LogP contribution is -2.14. The van der Waals surface area contributed by atoms with Gasteiger partial charge in [0.15, 0.2) is 34.6 Å². The smallest absolute Gasteiger partial charge is 0.262 e. The zero-order valence-corrected chi connectivity index (χ0v) is 21.1. The van der Waals surface area contributed by atoms with Crippen LogP contribution in [0.25, 0.3) is 12.2 Å². The molecular formula is C25H26FNO8S. The zero-order valence-electron chi connectivity index (χ0n) is 20.3. The molecule has 0 amide bonds. The van der Waals surface area contributed by atoms with Gasteiger partial charge in [-0.15, -0.1) is 0 Å². The van der Waals surface area contributed by atoms with E-state index in [2.05, 4.69) is 4.72 Å². The van der Waals surface area contributed by atoms with Crippen molar-refractivity contribution >= 4 is 27.9 Å². The van der Waals surface area contributed by atoms with Crippen LogP contribution in [0.4, 0.5) is 10.1 Å².